The van der Waals surface area contributed by atoms with Crippen LogP contribution in [0.5, 0.6) is 0 Å². The lowest BCUT2D eigenvalue weighted by atomic mass is 9.98. The number of nitrogens with zero attached hydrogens (tertiary/aromatic N) is 3. The largest absolute Gasteiger partial charge is 0.342 e. The van der Waals surface area contributed by atoms with E-state index in [1.54, 1.807) is 0 Å². The first-order valence-corrected chi connectivity index (χ1v) is 9.58. The van der Waals surface area contributed by atoms with Gasteiger partial charge in [0.05, 0.1) is 12.3 Å². The van der Waals surface area contributed by atoms with Crippen molar-refractivity contribution < 1.29 is 9.59 Å². The fourth-order valence-corrected chi connectivity index (χ4v) is 4.48. The van der Waals surface area contributed by atoms with Crippen LogP contribution in [0.2, 0.25) is 0 Å². The van der Waals surface area contributed by atoms with Gasteiger partial charge in [0.15, 0.2) is 0 Å². The molecular formula is C20H27ClN4O2. The second-order valence-corrected chi connectivity index (χ2v) is 7.64. The zero-order valence-electron chi connectivity index (χ0n) is 15.4. The van der Waals surface area contributed by atoms with Crippen LogP contribution >= 0.6 is 12.4 Å². The molecule has 1 aromatic carbocycles. The van der Waals surface area contributed by atoms with E-state index in [9.17, 15) is 9.59 Å². The SMILES string of the molecule is Cl.NC1CCC2CN(C(=O)CCC(=O)N3CCC(c4ccccc4)=N3)CC12. The Kier molecular flexibility index (Phi) is 6.17. The van der Waals surface area contributed by atoms with E-state index in [0.29, 0.717) is 18.4 Å². The molecule has 0 bridgehead atoms. The Morgan fingerprint density at radius 1 is 1.07 bits per heavy atom. The summed E-state index contributed by atoms with van der Waals surface area (Å²) in [6.45, 7) is 2.17. The smallest absolute Gasteiger partial charge is 0.243 e. The number of nitrogens with two attached hydrogens (primary N) is 1. The molecule has 2 N–H and O–H groups in total. The van der Waals surface area contributed by atoms with E-state index in [4.69, 9.17) is 5.73 Å². The number of hydrogen-bond donors (Lipinski definition) is 1. The highest BCUT2D eigenvalue weighted by Crippen LogP contribution is 2.37. The van der Waals surface area contributed by atoms with Crippen molar-refractivity contribution in [3.8, 4) is 0 Å². The zero-order chi connectivity index (χ0) is 18.1. The minimum atomic E-state index is -0.0691. The molecule has 3 unspecified atom stereocenters. The van der Waals surface area contributed by atoms with Gasteiger partial charge in [0.2, 0.25) is 11.8 Å². The molecule has 3 atom stereocenters. The first-order chi connectivity index (χ1) is 12.6. The highest BCUT2D eigenvalue weighted by molar-refractivity contribution is 6.02. The van der Waals surface area contributed by atoms with Crippen molar-refractivity contribution in [2.45, 2.75) is 38.1 Å². The molecule has 2 amide bonds. The van der Waals surface area contributed by atoms with Gasteiger partial charge in [0.1, 0.15) is 0 Å². The topological polar surface area (TPSA) is 79.0 Å². The molecule has 27 heavy (non-hydrogen) atoms. The molecule has 2 fully saturated rings. The van der Waals surface area contributed by atoms with Crippen LogP contribution in [0.4, 0.5) is 0 Å². The maximum absolute atomic E-state index is 12.5. The van der Waals surface area contributed by atoms with Crippen molar-refractivity contribution >= 4 is 29.9 Å². The van der Waals surface area contributed by atoms with Gasteiger partial charge in [-0.15, -0.1) is 12.4 Å². The van der Waals surface area contributed by atoms with E-state index in [2.05, 4.69) is 5.10 Å². The molecule has 1 saturated carbocycles. The van der Waals surface area contributed by atoms with Crippen LogP contribution in [0.15, 0.2) is 35.4 Å². The van der Waals surface area contributed by atoms with Crippen molar-refractivity contribution in [2.24, 2.45) is 22.7 Å². The van der Waals surface area contributed by atoms with Gasteiger partial charge in [-0.1, -0.05) is 30.3 Å². The molecule has 1 aromatic rings. The Morgan fingerprint density at radius 2 is 1.81 bits per heavy atom. The second kappa shape index (κ2) is 8.40. The summed E-state index contributed by atoms with van der Waals surface area (Å²) >= 11 is 0. The van der Waals surface area contributed by atoms with E-state index >= 15 is 0 Å². The van der Waals surface area contributed by atoms with E-state index in [0.717, 1.165) is 43.6 Å². The Labute approximate surface area is 166 Å². The summed E-state index contributed by atoms with van der Waals surface area (Å²) in [5.41, 5.74) is 8.13. The highest BCUT2D eigenvalue weighted by atomic mass is 35.5. The minimum Gasteiger partial charge on any atom is -0.342 e. The summed E-state index contributed by atoms with van der Waals surface area (Å²) in [4.78, 5) is 26.8. The van der Waals surface area contributed by atoms with E-state index < -0.39 is 0 Å². The summed E-state index contributed by atoms with van der Waals surface area (Å²) in [6, 6.07) is 10.1. The number of benzene rings is 1. The van der Waals surface area contributed by atoms with Crippen LogP contribution in [-0.2, 0) is 9.59 Å². The number of amides is 2. The molecule has 2 heterocycles. The summed E-state index contributed by atoms with van der Waals surface area (Å²) < 4.78 is 0. The first kappa shape index (κ1) is 19.8. The molecule has 2 aliphatic heterocycles. The predicted octanol–water partition coefficient (Wildman–Crippen LogP) is 2.02. The van der Waals surface area contributed by atoms with E-state index in [1.807, 2.05) is 35.2 Å². The van der Waals surface area contributed by atoms with E-state index in [-0.39, 0.29) is 43.1 Å². The second-order valence-electron chi connectivity index (χ2n) is 7.64. The normalized spacial score (nSPS) is 26.6. The van der Waals surface area contributed by atoms with Gasteiger partial charge in [-0.2, -0.15) is 5.10 Å². The Morgan fingerprint density at radius 3 is 2.56 bits per heavy atom. The first-order valence-electron chi connectivity index (χ1n) is 9.58. The fraction of sp³-hybridized carbons (Fsp3) is 0.550. The fourth-order valence-electron chi connectivity index (χ4n) is 4.48. The van der Waals surface area contributed by atoms with Gasteiger partial charge in [0.25, 0.3) is 0 Å². The van der Waals surface area contributed by atoms with Gasteiger partial charge in [-0.3, -0.25) is 9.59 Å². The maximum atomic E-state index is 12.5. The third-order valence-electron chi connectivity index (χ3n) is 6.01. The highest BCUT2D eigenvalue weighted by Gasteiger charge is 2.42. The lowest BCUT2D eigenvalue weighted by Crippen LogP contribution is -2.34. The molecule has 6 nitrogen and oxygen atoms in total. The van der Waals surface area contributed by atoms with Gasteiger partial charge in [-0.05, 0) is 30.2 Å². The van der Waals surface area contributed by atoms with Crippen LogP contribution < -0.4 is 5.73 Å². The standard InChI is InChI=1S/C20H26N4O2.ClH/c21-17-7-6-15-12-23(13-16(15)17)19(25)8-9-20(26)24-11-10-18(22-24)14-4-2-1-3-5-14;/h1-5,15-17H,6-13,21H2;1H. The molecule has 0 spiro atoms. The van der Waals surface area contributed by atoms with Crippen molar-refractivity contribution in [1.82, 2.24) is 9.91 Å². The molecule has 7 heteroatoms. The molecule has 3 aliphatic rings. The van der Waals surface area contributed by atoms with Crippen molar-refractivity contribution in [1.29, 1.82) is 0 Å². The lowest BCUT2D eigenvalue weighted by Gasteiger charge is -2.19. The number of likely N-dealkylation sites (tertiary alicyclic amines) is 1. The molecular weight excluding hydrogens is 364 g/mol. The van der Waals surface area contributed by atoms with Crippen molar-refractivity contribution in [2.75, 3.05) is 19.6 Å². The molecule has 1 saturated heterocycles. The van der Waals surface area contributed by atoms with Gasteiger partial charge in [-0.25, -0.2) is 5.01 Å². The van der Waals surface area contributed by atoms with Crippen molar-refractivity contribution in [3.63, 3.8) is 0 Å². The van der Waals surface area contributed by atoms with Crippen molar-refractivity contribution in [3.05, 3.63) is 35.9 Å². The average molecular weight is 391 g/mol. The van der Waals surface area contributed by atoms with Crippen LogP contribution in [0, 0.1) is 11.8 Å². The predicted molar refractivity (Wildman–Crippen MR) is 107 cm³/mol. The number of carbonyl (C=O) groups is 2. The van der Waals surface area contributed by atoms with Crippen LogP contribution in [0.1, 0.15) is 37.7 Å². The quantitative estimate of drug-likeness (QED) is 0.854. The van der Waals surface area contributed by atoms with Crippen LogP contribution in [-0.4, -0.2) is 53.1 Å². The third-order valence-corrected chi connectivity index (χ3v) is 6.01. The average Bonchev–Trinajstić information content (AvgIpc) is 3.38. The number of rotatable bonds is 4. The summed E-state index contributed by atoms with van der Waals surface area (Å²) in [5.74, 6) is 1.01. The monoisotopic (exact) mass is 390 g/mol. The summed E-state index contributed by atoms with van der Waals surface area (Å²) in [7, 11) is 0. The summed E-state index contributed by atoms with van der Waals surface area (Å²) in [6.07, 6.45) is 3.45. The van der Waals surface area contributed by atoms with Gasteiger partial charge >= 0.3 is 0 Å². The number of hydrazone groups is 1. The van der Waals surface area contributed by atoms with Crippen LogP contribution in [0.25, 0.3) is 0 Å². The molecule has 0 aromatic heterocycles. The molecule has 1 aliphatic carbocycles. The number of fused-ring (bicyclic) bond motifs is 1. The Balaban J connectivity index is 0.00000210. The van der Waals surface area contributed by atoms with E-state index in [1.165, 1.54) is 5.01 Å². The number of carbonyl (C=O) groups excluding carboxylic acids is 2. The summed E-state index contributed by atoms with van der Waals surface area (Å²) in [5, 5.41) is 5.97. The Hall–Kier alpha value is -1.92. The Bertz CT molecular complexity index is 724. The van der Waals surface area contributed by atoms with Crippen LogP contribution in [0.3, 0.4) is 0 Å². The minimum absolute atomic E-state index is 0. The number of halogens is 1. The zero-order valence-corrected chi connectivity index (χ0v) is 16.2. The van der Waals surface area contributed by atoms with Gasteiger partial charge < -0.3 is 10.6 Å². The van der Waals surface area contributed by atoms with Gasteiger partial charge in [0, 0.05) is 38.4 Å². The maximum Gasteiger partial charge on any atom is 0.243 e. The molecule has 146 valence electrons. The molecule has 4 rings (SSSR count). The number of hydrogen-bond acceptors (Lipinski definition) is 4. The lowest BCUT2D eigenvalue weighted by molar-refractivity contribution is -0.136. The third kappa shape index (κ3) is 4.17. The molecule has 0 radical (unpaired) electrons.